The Labute approximate surface area is 112 Å². The molecule has 0 bridgehead atoms. The van der Waals surface area contributed by atoms with Gasteiger partial charge in [0.2, 0.25) is 5.95 Å². The first-order valence-corrected chi connectivity index (χ1v) is 6.52. The Hall–Kier alpha value is -1.14. The molecule has 1 fully saturated rings. The van der Waals surface area contributed by atoms with Gasteiger partial charge in [0.05, 0.1) is 27.7 Å². The maximum Gasteiger partial charge on any atom is 0.201 e. The second kappa shape index (κ2) is 3.93. The number of rotatable bonds is 1. The highest BCUT2D eigenvalue weighted by Crippen LogP contribution is 2.34. The van der Waals surface area contributed by atoms with Gasteiger partial charge in [0.25, 0.3) is 0 Å². The number of ether oxygens (including phenoxy) is 1. The van der Waals surface area contributed by atoms with Gasteiger partial charge < -0.3 is 15.0 Å². The van der Waals surface area contributed by atoms with Crippen LogP contribution >= 0.6 is 15.9 Å². The summed E-state index contributed by atoms with van der Waals surface area (Å²) >= 11 is 3.20. The summed E-state index contributed by atoms with van der Waals surface area (Å²) in [6, 6.07) is 3.11. The van der Waals surface area contributed by atoms with Crippen LogP contribution in [0.2, 0.25) is 0 Å². The Morgan fingerprint density at radius 3 is 3.00 bits per heavy atom. The molecule has 6 heteroatoms. The Morgan fingerprint density at radius 1 is 1.56 bits per heavy atom. The standard InChI is InChI=1S/C12H13BrFN3O/c1-12(2-3-18-6-12)17-10-4-7(13)8(14)5-9(10)16-11(17)15/h4-5H,2-3,6H2,1H3,(H2,15,16). The predicted octanol–water partition coefficient (Wildman–Crippen LogP) is 2.66. The number of benzene rings is 1. The lowest BCUT2D eigenvalue weighted by atomic mass is 10.0. The topological polar surface area (TPSA) is 53.1 Å². The van der Waals surface area contributed by atoms with Crippen molar-refractivity contribution in [3.8, 4) is 0 Å². The number of fused-ring (bicyclic) bond motifs is 1. The van der Waals surface area contributed by atoms with E-state index in [2.05, 4.69) is 27.8 Å². The van der Waals surface area contributed by atoms with Crippen LogP contribution in [0.4, 0.5) is 10.3 Å². The van der Waals surface area contributed by atoms with Gasteiger partial charge in [0.15, 0.2) is 0 Å². The number of hydrogen-bond donors (Lipinski definition) is 1. The predicted molar refractivity (Wildman–Crippen MR) is 70.9 cm³/mol. The van der Waals surface area contributed by atoms with Crippen LogP contribution in [0.15, 0.2) is 16.6 Å². The number of anilines is 1. The van der Waals surface area contributed by atoms with Crippen LogP contribution in [0.1, 0.15) is 13.3 Å². The molecule has 1 aromatic heterocycles. The van der Waals surface area contributed by atoms with Gasteiger partial charge in [-0.15, -0.1) is 0 Å². The zero-order valence-electron chi connectivity index (χ0n) is 9.91. The lowest BCUT2D eigenvalue weighted by Gasteiger charge is -2.26. The van der Waals surface area contributed by atoms with Gasteiger partial charge in [-0.2, -0.15) is 0 Å². The molecule has 0 amide bonds. The van der Waals surface area contributed by atoms with Gasteiger partial charge >= 0.3 is 0 Å². The fraction of sp³-hybridized carbons (Fsp3) is 0.417. The number of hydrogen-bond acceptors (Lipinski definition) is 3. The minimum absolute atomic E-state index is 0.212. The zero-order valence-corrected chi connectivity index (χ0v) is 11.5. The molecule has 1 aliphatic heterocycles. The van der Waals surface area contributed by atoms with E-state index < -0.39 is 0 Å². The van der Waals surface area contributed by atoms with E-state index in [1.165, 1.54) is 6.07 Å². The molecule has 1 unspecified atom stereocenters. The largest absolute Gasteiger partial charge is 0.379 e. The molecule has 1 atom stereocenters. The molecule has 2 heterocycles. The van der Waals surface area contributed by atoms with E-state index in [0.717, 1.165) is 11.9 Å². The van der Waals surface area contributed by atoms with Crippen molar-refractivity contribution < 1.29 is 9.13 Å². The highest BCUT2D eigenvalue weighted by Gasteiger charge is 2.34. The Kier molecular flexibility index (Phi) is 2.60. The van der Waals surface area contributed by atoms with Gasteiger partial charge in [-0.1, -0.05) is 0 Å². The van der Waals surface area contributed by atoms with Gasteiger partial charge in [-0.05, 0) is 35.3 Å². The Balaban J connectivity index is 2.28. The van der Waals surface area contributed by atoms with E-state index in [1.807, 2.05) is 4.57 Å². The second-order valence-corrected chi connectivity index (χ2v) is 5.71. The Bertz CT molecular complexity index is 619. The molecule has 1 aliphatic rings. The van der Waals surface area contributed by atoms with Crippen molar-refractivity contribution in [1.82, 2.24) is 9.55 Å². The smallest absolute Gasteiger partial charge is 0.201 e. The molecular weight excluding hydrogens is 301 g/mol. The van der Waals surface area contributed by atoms with E-state index in [0.29, 0.717) is 29.2 Å². The third-order valence-electron chi connectivity index (χ3n) is 3.46. The molecule has 2 aromatic rings. The molecule has 0 radical (unpaired) electrons. The van der Waals surface area contributed by atoms with Crippen LogP contribution < -0.4 is 5.73 Å². The molecule has 96 valence electrons. The normalized spacial score (nSPS) is 23.9. The quantitative estimate of drug-likeness (QED) is 0.880. The van der Waals surface area contributed by atoms with Crippen LogP contribution in [-0.2, 0) is 10.3 Å². The highest BCUT2D eigenvalue weighted by molar-refractivity contribution is 9.10. The number of nitrogens with zero attached hydrogens (tertiary/aromatic N) is 2. The number of nitrogens with two attached hydrogens (primary N) is 1. The number of aromatic nitrogens is 2. The summed E-state index contributed by atoms with van der Waals surface area (Å²) in [6.45, 7) is 3.38. The van der Waals surface area contributed by atoms with Gasteiger partial charge in [-0.3, -0.25) is 0 Å². The number of nitrogen functional groups attached to an aromatic ring is 1. The summed E-state index contributed by atoms with van der Waals surface area (Å²) < 4.78 is 21.3. The Morgan fingerprint density at radius 2 is 2.33 bits per heavy atom. The van der Waals surface area contributed by atoms with Crippen LogP contribution in [0, 0.1) is 5.82 Å². The highest BCUT2D eigenvalue weighted by atomic mass is 79.9. The summed E-state index contributed by atoms with van der Waals surface area (Å²) in [7, 11) is 0. The lowest BCUT2D eigenvalue weighted by molar-refractivity contribution is 0.164. The summed E-state index contributed by atoms with van der Waals surface area (Å²) in [4.78, 5) is 4.23. The fourth-order valence-electron chi connectivity index (χ4n) is 2.49. The van der Waals surface area contributed by atoms with E-state index in [4.69, 9.17) is 10.5 Å². The molecule has 18 heavy (non-hydrogen) atoms. The molecule has 2 N–H and O–H groups in total. The molecule has 0 spiro atoms. The minimum atomic E-state index is -0.333. The van der Waals surface area contributed by atoms with E-state index in [9.17, 15) is 4.39 Å². The monoisotopic (exact) mass is 313 g/mol. The number of imidazole rings is 1. The maximum absolute atomic E-state index is 13.5. The first-order valence-electron chi connectivity index (χ1n) is 5.72. The number of halogens is 2. The molecule has 4 nitrogen and oxygen atoms in total. The van der Waals surface area contributed by atoms with Gasteiger partial charge in [0.1, 0.15) is 5.82 Å². The van der Waals surface area contributed by atoms with E-state index in [-0.39, 0.29) is 11.4 Å². The molecule has 1 aromatic carbocycles. The van der Waals surface area contributed by atoms with Crippen LogP contribution in [0.25, 0.3) is 11.0 Å². The van der Waals surface area contributed by atoms with Crippen molar-refractivity contribution in [2.24, 2.45) is 0 Å². The molecule has 0 saturated carbocycles. The molecular formula is C12H13BrFN3O. The lowest BCUT2D eigenvalue weighted by Crippen LogP contribution is -2.31. The average Bonchev–Trinajstić information content (AvgIpc) is 2.84. The van der Waals surface area contributed by atoms with Gasteiger partial charge in [-0.25, -0.2) is 9.37 Å². The van der Waals surface area contributed by atoms with Crippen molar-refractivity contribution in [2.75, 3.05) is 18.9 Å². The van der Waals surface area contributed by atoms with Crippen molar-refractivity contribution in [3.05, 3.63) is 22.4 Å². The third-order valence-corrected chi connectivity index (χ3v) is 4.07. The molecule has 0 aliphatic carbocycles. The summed E-state index contributed by atoms with van der Waals surface area (Å²) in [5, 5.41) is 0. The first kappa shape index (κ1) is 11.9. The summed E-state index contributed by atoms with van der Waals surface area (Å²) in [5.41, 5.74) is 7.16. The van der Waals surface area contributed by atoms with E-state index >= 15 is 0 Å². The van der Waals surface area contributed by atoms with E-state index in [1.54, 1.807) is 6.07 Å². The van der Waals surface area contributed by atoms with Gasteiger partial charge in [0, 0.05) is 12.7 Å². The first-order chi connectivity index (χ1) is 8.51. The molecule has 1 saturated heterocycles. The second-order valence-electron chi connectivity index (χ2n) is 4.86. The van der Waals surface area contributed by atoms with Crippen LogP contribution in [0.5, 0.6) is 0 Å². The molecule has 3 rings (SSSR count). The van der Waals surface area contributed by atoms with Crippen molar-refractivity contribution in [2.45, 2.75) is 18.9 Å². The summed E-state index contributed by atoms with van der Waals surface area (Å²) in [5.74, 6) is 0.0653. The zero-order chi connectivity index (χ0) is 12.9. The van der Waals surface area contributed by atoms with Crippen molar-refractivity contribution >= 4 is 32.9 Å². The summed E-state index contributed by atoms with van der Waals surface area (Å²) in [6.07, 6.45) is 0.873. The fourth-order valence-corrected chi connectivity index (χ4v) is 2.82. The van der Waals surface area contributed by atoms with Crippen LogP contribution in [0.3, 0.4) is 0 Å². The maximum atomic E-state index is 13.5. The third kappa shape index (κ3) is 1.63. The van der Waals surface area contributed by atoms with Crippen molar-refractivity contribution in [3.63, 3.8) is 0 Å². The van der Waals surface area contributed by atoms with Crippen LogP contribution in [-0.4, -0.2) is 22.8 Å². The SMILES string of the molecule is CC1(n2c(N)nc3cc(F)c(Br)cc32)CCOC1. The van der Waals surface area contributed by atoms with Crippen molar-refractivity contribution in [1.29, 1.82) is 0 Å². The minimum Gasteiger partial charge on any atom is -0.379 e. The average molecular weight is 314 g/mol.